The van der Waals surface area contributed by atoms with E-state index in [1.54, 1.807) is 42.5 Å². The number of anilines is 1. The number of amides is 1. The number of methoxy groups -OCH3 is 1. The minimum atomic E-state index is -0.450. The zero-order valence-corrected chi connectivity index (χ0v) is 14.8. The van der Waals surface area contributed by atoms with Gasteiger partial charge < -0.3 is 19.2 Å². The van der Waals surface area contributed by atoms with Crippen molar-refractivity contribution in [1.82, 2.24) is 0 Å². The van der Waals surface area contributed by atoms with Crippen molar-refractivity contribution in [2.45, 2.75) is 6.92 Å². The Morgan fingerprint density at radius 2 is 1.81 bits per heavy atom. The van der Waals surface area contributed by atoms with Gasteiger partial charge in [0.05, 0.1) is 12.7 Å². The van der Waals surface area contributed by atoms with Gasteiger partial charge in [-0.25, -0.2) is 9.59 Å². The molecule has 0 saturated carbocycles. The predicted molar refractivity (Wildman–Crippen MR) is 99.1 cm³/mol. The lowest BCUT2D eigenvalue weighted by Crippen LogP contribution is -2.20. The van der Waals surface area contributed by atoms with Crippen molar-refractivity contribution >= 4 is 28.5 Å². The van der Waals surface area contributed by atoms with Gasteiger partial charge in [-0.1, -0.05) is 0 Å². The van der Waals surface area contributed by atoms with E-state index in [0.717, 1.165) is 10.9 Å². The summed E-state index contributed by atoms with van der Waals surface area (Å²) < 4.78 is 15.2. The van der Waals surface area contributed by atoms with E-state index in [0.29, 0.717) is 22.6 Å². The van der Waals surface area contributed by atoms with Crippen LogP contribution in [-0.2, 0) is 9.53 Å². The molecular weight excluding hydrogens is 350 g/mol. The summed E-state index contributed by atoms with van der Waals surface area (Å²) in [4.78, 5) is 34.9. The number of aryl methyl sites for hydroxylation is 1. The quantitative estimate of drug-likeness (QED) is 0.550. The summed E-state index contributed by atoms with van der Waals surface area (Å²) in [5.41, 5.74) is 1.68. The van der Waals surface area contributed by atoms with Gasteiger partial charge in [-0.05, 0) is 48.9 Å². The van der Waals surface area contributed by atoms with E-state index in [1.165, 1.54) is 13.2 Å². The molecule has 0 unspecified atom stereocenters. The van der Waals surface area contributed by atoms with E-state index in [4.69, 9.17) is 9.15 Å². The molecule has 3 aromatic rings. The third-order valence-corrected chi connectivity index (χ3v) is 3.88. The molecule has 0 aliphatic carbocycles. The van der Waals surface area contributed by atoms with E-state index in [2.05, 4.69) is 10.1 Å². The number of rotatable bonds is 5. The number of ether oxygens (including phenoxy) is 2. The molecule has 1 heterocycles. The molecule has 0 spiro atoms. The van der Waals surface area contributed by atoms with Crippen molar-refractivity contribution in [2.75, 3.05) is 19.0 Å². The number of carbonyl (C=O) groups is 2. The summed E-state index contributed by atoms with van der Waals surface area (Å²) in [7, 11) is 1.30. The van der Waals surface area contributed by atoms with Gasteiger partial charge in [0.25, 0.3) is 5.91 Å². The highest BCUT2D eigenvalue weighted by Crippen LogP contribution is 2.22. The maximum atomic E-state index is 12.0. The SMILES string of the molecule is COC(=O)c1ccc(NC(=O)COc2ccc3c(C)cc(=O)oc3c2)cc1. The lowest BCUT2D eigenvalue weighted by molar-refractivity contribution is -0.118. The van der Waals surface area contributed by atoms with E-state index in [1.807, 2.05) is 6.92 Å². The molecule has 0 saturated heterocycles. The second-order valence-corrected chi connectivity index (χ2v) is 5.81. The third kappa shape index (κ3) is 4.33. The molecule has 7 heteroatoms. The summed E-state index contributed by atoms with van der Waals surface area (Å²) in [6.07, 6.45) is 0. The van der Waals surface area contributed by atoms with Crippen LogP contribution in [-0.4, -0.2) is 25.6 Å². The first-order valence-corrected chi connectivity index (χ1v) is 8.12. The van der Waals surface area contributed by atoms with E-state index >= 15 is 0 Å². The highest BCUT2D eigenvalue weighted by Gasteiger charge is 2.08. The average Bonchev–Trinajstić information content (AvgIpc) is 2.66. The molecule has 7 nitrogen and oxygen atoms in total. The number of hydrogen-bond donors (Lipinski definition) is 1. The number of fused-ring (bicyclic) bond motifs is 1. The minimum absolute atomic E-state index is 0.222. The van der Waals surface area contributed by atoms with Crippen molar-refractivity contribution in [3.05, 3.63) is 70.1 Å². The number of hydrogen-bond acceptors (Lipinski definition) is 6. The Kier molecular flexibility index (Phi) is 5.21. The molecule has 1 N–H and O–H groups in total. The molecule has 0 fully saturated rings. The van der Waals surface area contributed by atoms with Gasteiger partial charge in [0.2, 0.25) is 0 Å². The fourth-order valence-electron chi connectivity index (χ4n) is 2.55. The topological polar surface area (TPSA) is 94.8 Å². The highest BCUT2D eigenvalue weighted by molar-refractivity contribution is 5.93. The largest absolute Gasteiger partial charge is 0.484 e. The van der Waals surface area contributed by atoms with Crippen LogP contribution in [0.25, 0.3) is 11.0 Å². The van der Waals surface area contributed by atoms with Gasteiger partial charge in [-0.2, -0.15) is 0 Å². The summed E-state index contributed by atoms with van der Waals surface area (Å²) in [6, 6.07) is 12.8. The Morgan fingerprint density at radius 3 is 2.52 bits per heavy atom. The Bertz CT molecular complexity index is 1050. The second-order valence-electron chi connectivity index (χ2n) is 5.81. The minimum Gasteiger partial charge on any atom is -0.484 e. The molecule has 0 aliphatic heterocycles. The first kappa shape index (κ1) is 18.2. The first-order chi connectivity index (χ1) is 13.0. The monoisotopic (exact) mass is 367 g/mol. The van der Waals surface area contributed by atoms with Crippen LogP contribution in [0.2, 0.25) is 0 Å². The van der Waals surface area contributed by atoms with Gasteiger partial charge in [0.1, 0.15) is 11.3 Å². The molecule has 138 valence electrons. The zero-order valence-electron chi connectivity index (χ0n) is 14.8. The molecule has 1 aromatic heterocycles. The van der Waals surface area contributed by atoms with Crippen LogP contribution in [0.15, 0.2) is 57.7 Å². The fourth-order valence-corrected chi connectivity index (χ4v) is 2.55. The molecule has 1 amide bonds. The van der Waals surface area contributed by atoms with Crippen LogP contribution >= 0.6 is 0 Å². The summed E-state index contributed by atoms with van der Waals surface area (Å²) >= 11 is 0. The average molecular weight is 367 g/mol. The van der Waals surface area contributed by atoms with Gasteiger partial charge in [-0.15, -0.1) is 0 Å². The Labute approximate surface area is 154 Å². The molecule has 27 heavy (non-hydrogen) atoms. The molecular formula is C20H17NO6. The van der Waals surface area contributed by atoms with Crippen molar-refractivity contribution < 1.29 is 23.5 Å². The summed E-state index contributed by atoms with van der Waals surface area (Å²) in [5.74, 6) is -0.409. The fraction of sp³-hybridized carbons (Fsp3) is 0.150. The number of benzene rings is 2. The summed E-state index contributed by atoms with van der Waals surface area (Å²) in [6.45, 7) is 1.60. The summed E-state index contributed by atoms with van der Waals surface area (Å²) in [5, 5.41) is 3.47. The van der Waals surface area contributed by atoms with E-state index in [-0.39, 0.29) is 12.5 Å². The Morgan fingerprint density at radius 1 is 1.07 bits per heavy atom. The molecule has 0 aliphatic rings. The normalized spacial score (nSPS) is 10.4. The molecule has 0 atom stereocenters. The van der Waals surface area contributed by atoms with Gasteiger partial charge in [0.15, 0.2) is 6.61 Å². The molecule has 0 radical (unpaired) electrons. The van der Waals surface area contributed by atoms with Crippen LogP contribution in [0, 0.1) is 6.92 Å². The van der Waals surface area contributed by atoms with Crippen molar-refractivity contribution in [3.63, 3.8) is 0 Å². The standard InChI is InChI=1S/C20H17NO6/c1-12-9-19(23)27-17-10-15(7-8-16(12)17)26-11-18(22)21-14-5-3-13(4-6-14)20(24)25-2/h3-10H,11H2,1-2H3,(H,21,22). The second kappa shape index (κ2) is 7.74. The zero-order chi connectivity index (χ0) is 19.4. The number of esters is 1. The Hall–Kier alpha value is -3.61. The van der Waals surface area contributed by atoms with Crippen LogP contribution in [0.4, 0.5) is 5.69 Å². The van der Waals surface area contributed by atoms with E-state index in [9.17, 15) is 14.4 Å². The molecule has 0 bridgehead atoms. The third-order valence-electron chi connectivity index (χ3n) is 3.88. The number of carbonyl (C=O) groups excluding carboxylic acids is 2. The highest BCUT2D eigenvalue weighted by atomic mass is 16.5. The van der Waals surface area contributed by atoms with Crippen molar-refractivity contribution in [2.24, 2.45) is 0 Å². The maximum absolute atomic E-state index is 12.0. The van der Waals surface area contributed by atoms with Crippen LogP contribution in [0.5, 0.6) is 5.75 Å². The smallest absolute Gasteiger partial charge is 0.337 e. The lowest BCUT2D eigenvalue weighted by Gasteiger charge is -2.09. The van der Waals surface area contributed by atoms with Gasteiger partial charge in [-0.3, -0.25) is 4.79 Å². The van der Waals surface area contributed by atoms with Crippen LogP contribution in [0.3, 0.4) is 0 Å². The predicted octanol–water partition coefficient (Wildman–Crippen LogP) is 2.91. The lowest BCUT2D eigenvalue weighted by atomic mass is 10.1. The number of nitrogens with one attached hydrogen (secondary N) is 1. The van der Waals surface area contributed by atoms with Gasteiger partial charge in [0, 0.05) is 23.2 Å². The Balaban J connectivity index is 1.63. The van der Waals surface area contributed by atoms with Crippen molar-refractivity contribution in [3.8, 4) is 5.75 Å². The van der Waals surface area contributed by atoms with Crippen LogP contribution < -0.4 is 15.7 Å². The molecule has 3 rings (SSSR count). The van der Waals surface area contributed by atoms with E-state index < -0.39 is 11.6 Å². The maximum Gasteiger partial charge on any atom is 0.337 e. The first-order valence-electron chi connectivity index (χ1n) is 8.12. The van der Waals surface area contributed by atoms with Gasteiger partial charge >= 0.3 is 11.6 Å². The van der Waals surface area contributed by atoms with Crippen LogP contribution in [0.1, 0.15) is 15.9 Å². The molecule has 2 aromatic carbocycles. The van der Waals surface area contributed by atoms with Crippen molar-refractivity contribution in [1.29, 1.82) is 0 Å².